The molecule has 28 heavy (non-hydrogen) atoms. The zero-order valence-corrected chi connectivity index (χ0v) is 20.6. The van der Waals surface area contributed by atoms with Crippen molar-refractivity contribution in [3.05, 3.63) is 47.8 Å². The molecule has 162 valence electrons. The Hall–Kier alpha value is -0.610. The molecule has 0 atom stereocenters. The minimum atomic E-state index is -1.14. The average molecular weight is 406 g/mol. The van der Waals surface area contributed by atoms with E-state index in [9.17, 15) is 0 Å². The third-order valence-corrected chi connectivity index (χ3v) is 8.99. The van der Waals surface area contributed by atoms with Crippen LogP contribution >= 0.6 is 7.26 Å². The maximum atomic E-state index is 2.46. The molecule has 0 aromatic heterocycles. The van der Waals surface area contributed by atoms with E-state index < -0.39 is 7.26 Å². The molecule has 0 radical (unpaired) electrons. The van der Waals surface area contributed by atoms with Crippen LogP contribution in [0.1, 0.15) is 118 Å². The molecule has 0 N–H and O–H groups in total. The van der Waals surface area contributed by atoms with Crippen LogP contribution in [0.15, 0.2) is 47.8 Å². The van der Waals surface area contributed by atoms with E-state index in [1.54, 1.807) is 0 Å². The molecule has 0 fully saturated rings. The lowest BCUT2D eigenvalue weighted by molar-refractivity contribution is 0.607. The van der Waals surface area contributed by atoms with Crippen molar-refractivity contribution in [2.75, 3.05) is 6.16 Å². The summed E-state index contributed by atoms with van der Waals surface area (Å²) in [4.78, 5) is 0. The van der Waals surface area contributed by atoms with Crippen molar-refractivity contribution in [3.8, 4) is 0 Å². The van der Waals surface area contributed by atoms with Crippen LogP contribution in [0.4, 0.5) is 0 Å². The van der Waals surface area contributed by atoms with Crippen molar-refractivity contribution in [1.29, 1.82) is 0 Å². The van der Waals surface area contributed by atoms with E-state index in [1.165, 1.54) is 96.1 Å². The molecule has 0 aliphatic heterocycles. The monoisotopic (exact) mass is 405 g/mol. The van der Waals surface area contributed by atoms with E-state index in [0.29, 0.717) is 0 Å². The third-order valence-electron chi connectivity index (χ3n) is 5.34. The van der Waals surface area contributed by atoms with Crippen molar-refractivity contribution in [2.45, 2.75) is 118 Å². The van der Waals surface area contributed by atoms with Gasteiger partial charge in [0, 0.05) is 0 Å². The van der Waals surface area contributed by atoms with E-state index >= 15 is 0 Å². The Morgan fingerprint density at radius 3 is 1.32 bits per heavy atom. The lowest BCUT2D eigenvalue weighted by Crippen LogP contribution is -1.92. The topological polar surface area (TPSA) is 0 Å². The van der Waals surface area contributed by atoms with Gasteiger partial charge in [0.05, 0.1) is 30.9 Å². The number of allylic oxidation sites excluding steroid dienone is 5. The second kappa shape index (κ2) is 21.1. The highest BCUT2D eigenvalue weighted by molar-refractivity contribution is 7.84. The summed E-state index contributed by atoms with van der Waals surface area (Å²) < 4.78 is 0. The third kappa shape index (κ3) is 16.4. The van der Waals surface area contributed by atoms with Gasteiger partial charge in [0.25, 0.3) is 0 Å². The zero-order valence-electron chi connectivity index (χ0n) is 19.7. The predicted octanol–water partition coefficient (Wildman–Crippen LogP) is 10.6. The maximum absolute atomic E-state index is 2.46. The SMILES string of the molecule is CC=C[P+](C=CC)(C=CC)CCCCCCCC/C=C\CCCCCCCC. The van der Waals surface area contributed by atoms with Crippen molar-refractivity contribution in [3.63, 3.8) is 0 Å². The Morgan fingerprint density at radius 1 is 0.500 bits per heavy atom. The van der Waals surface area contributed by atoms with E-state index in [4.69, 9.17) is 0 Å². The van der Waals surface area contributed by atoms with Gasteiger partial charge in [0.2, 0.25) is 0 Å². The van der Waals surface area contributed by atoms with Gasteiger partial charge >= 0.3 is 0 Å². The van der Waals surface area contributed by atoms with Crippen molar-refractivity contribution >= 4 is 7.26 Å². The molecular weight excluding hydrogens is 355 g/mol. The molecule has 0 aliphatic carbocycles. The Labute approximate surface area is 179 Å². The molecule has 0 aromatic rings. The molecule has 0 aromatic carbocycles. The lowest BCUT2D eigenvalue weighted by atomic mass is 10.1. The van der Waals surface area contributed by atoms with Crippen LogP contribution in [-0.2, 0) is 0 Å². The second-order valence-corrected chi connectivity index (χ2v) is 11.4. The lowest BCUT2D eigenvalue weighted by Gasteiger charge is -2.15. The minimum absolute atomic E-state index is 1.14. The van der Waals surface area contributed by atoms with Gasteiger partial charge in [-0.2, -0.15) is 0 Å². The largest absolute Gasteiger partial charge is 0.0885 e. The van der Waals surface area contributed by atoms with E-state index in [0.717, 1.165) is 0 Å². The first-order valence-electron chi connectivity index (χ1n) is 12.2. The van der Waals surface area contributed by atoms with Gasteiger partial charge in [0.1, 0.15) is 0 Å². The van der Waals surface area contributed by atoms with Crippen LogP contribution in [0.3, 0.4) is 0 Å². The highest BCUT2D eigenvalue weighted by Gasteiger charge is 2.27. The zero-order chi connectivity index (χ0) is 20.8. The second-order valence-electron chi connectivity index (χ2n) is 8.10. The molecular formula is C27H50P+. The molecule has 0 spiro atoms. The number of unbranched alkanes of at least 4 members (excludes halogenated alkanes) is 12. The molecule has 0 amide bonds. The van der Waals surface area contributed by atoms with E-state index in [1.807, 2.05) is 0 Å². The van der Waals surface area contributed by atoms with Gasteiger partial charge < -0.3 is 0 Å². The Morgan fingerprint density at radius 2 is 0.893 bits per heavy atom. The smallest absolute Gasteiger partial charge is 0.0881 e. The maximum Gasteiger partial charge on any atom is 0.0881 e. The van der Waals surface area contributed by atoms with Gasteiger partial charge in [-0.15, -0.1) is 0 Å². The molecule has 1 heteroatoms. The van der Waals surface area contributed by atoms with Crippen LogP contribution in [0, 0.1) is 0 Å². The minimum Gasteiger partial charge on any atom is -0.0885 e. The first-order valence-corrected chi connectivity index (χ1v) is 14.4. The molecule has 0 nitrogen and oxygen atoms in total. The first kappa shape index (κ1) is 27.4. The first-order chi connectivity index (χ1) is 13.7. The predicted molar refractivity (Wildman–Crippen MR) is 136 cm³/mol. The summed E-state index contributed by atoms with van der Waals surface area (Å²) in [5, 5.41) is 0. The number of rotatable bonds is 19. The van der Waals surface area contributed by atoms with Gasteiger partial charge in [0.15, 0.2) is 0 Å². The Balaban J connectivity index is 3.64. The summed E-state index contributed by atoms with van der Waals surface area (Å²) in [6.45, 7) is 8.76. The number of hydrogen-bond donors (Lipinski definition) is 0. The fraction of sp³-hybridized carbons (Fsp3) is 0.704. The van der Waals surface area contributed by atoms with E-state index in [2.05, 4.69) is 75.5 Å². The molecule has 0 bridgehead atoms. The summed E-state index contributed by atoms with van der Waals surface area (Å²) in [6, 6.07) is 0. The van der Waals surface area contributed by atoms with Gasteiger partial charge in [-0.05, 0) is 59.3 Å². The molecule has 0 unspecified atom stereocenters. The summed E-state index contributed by atoms with van der Waals surface area (Å²) in [6.07, 6.45) is 32.3. The fourth-order valence-corrected chi connectivity index (χ4v) is 7.02. The standard InChI is InChI=1S/C27H50P/c1-5-9-10-11-12-13-14-15-16-17-18-19-20-21-22-23-27-28(24-6-2,25-7-3)26-8-4/h6-8,15-16,24-26H,5,9-14,17-23,27H2,1-4H3/q+1/b16-15-,24-6?,25-7?,26-8?. The fourth-order valence-electron chi connectivity index (χ4n) is 3.84. The molecule has 0 aliphatic rings. The Kier molecular flexibility index (Phi) is 20.6. The molecule has 0 saturated heterocycles. The highest BCUT2D eigenvalue weighted by atomic mass is 31.2. The van der Waals surface area contributed by atoms with Crippen LogP contribution < -0.4 is 0 Å². The molecule has 0 heterocycles. The summed E-state index contributed by atoms with van der Waals surface area (Å²) in [5.74, 6) is 7.39. The molecule has 0 saturated carbocycles. The average Bonchev–Trinajstić information content (AvgIpc) is 2.68. The van der Waals surface area contributed by atoms with E-state index in [-0.39, 0.29) is 0 Å². The van der Waals surface area contributed by atoms with Crippen LogP contribution in [-0.4, -0.2) is 6.16 Å². The summed E-state index contributed by atoms with van der Waals surface area (Å²) in [7, 11) is -1.14. The normalized spacial score (nSPS) is 14.9. The van der Waals surface area contributed by atoms with Gasteiger partial charge in [-0.1, -0.05) is 88.7 Å². The summed E-state index contributed by atoms with van der Waals surface area (Å²) >= 11 is 0. The molecule has 0 rings (SSSR count). The van der Waals surface area contributed by atoms with Crippen molar-refractivity contribution in [2.24, 2.45) is 0 Å². The number of hydrogen-bond acceptors (Lipinski definition) is 0. The van der Waals surface area contributed by atoms with Gasteiger partial charge in [-0.3, -0.25) is 0 Å². The van der Waals surface area contributed by atoms with Crippen LogP contribution in [0.2, 0.25) is 0 Å². The van der Waals surface area contributed by atoms with Crippen LogP contribution in [0.25, 0.3) is 0 Å². The van der Waals surface area contributed by atoms with Crippen LogP contribution in [0.5, 0.6) is 0 Å². The highest BCUT2D eigenvalue weighted by Crippen LogP contribution is 2.64. The van der Waals surface area contributed by atoms with Crippen molar-refractivity contribution < 1.29 is 0 Å². The Bertz CT molecular complexity index is 396. The quantitative estimate of drug-likeness (QED) is 0.114. The van der Waals surface area contributed by atoms with Gasteiger partial charge in [-0.25, -0.2) is 0 Å². The van der Waals surface area contributed by atoms with Crippen molar-refractivity contribution in [1.82, 2.24) is 0 Å². The summed E-state index contributed by atoms with van der Waals surface area (Å²) in [5.41, 5.74) is 0.